The molecule has 5 nitrogen and oxygen atoms in total. The Hall–Kier alpha value is -2.21. The van der Waals surface area contributed by atoms with Crippen LogP contribution in [0.1, 0.15) is 26.5 Å². The molecule has 0 radical (unpaired) electrons. The Bertz CT molecular complexity index is 581. The first-order valence-corrected chi connectivity index (χ1v) is 6.61. The molecule has 6 heteroatoms. The van der Waals surface area contributed by atoms with Gasteiger partial charge in [0.1, 0.15) is 11.4 Å². The normalized spacial score (nSPS) is 10.1. The molecule has 0 atom stereocenters. The summed E-state index contributed by atoms with van der Waals surface area (Å²) in [5, 5.41) is 15.5. The monoisotopic (exact) mass is 276 g/mol. The maximum Gasteiger partial charge on any atom is 0.354 e. The molecule has 0 aromatic carbocycles. The van der Waals surface area contributed by atoms with Gasteiger partial charge in [-0.2, -0.15) is 11.3 Å². The topological polar surface area (TPSA) is 79.3 Å². The maximum atomic E-state index is 11.8. The van der Waals surface area contributed by atoms with E-state index in [0.29, 0.717) is 6.54 Å². The van der Waals surface area contributed by atoms with E-state index >= 15 is 0 Å². The van der Waals surface area contributed by atoms with Crippen molar-refractivity contribution in [2.24, 2.45) is 0 Å². The van der Waals surface area contributed by atoms with Crippen LogP contribution in [0.15, 0.2) is 35.0 Å². The molecule has 1 amide bonds. The van der Waals surface area contributed by atoms with Crippen LogP contribution in [0.2, 0.25) is 0 Å². The highest BCUT2D eigenvalue weighted by Crippen LogP contribution is 2.06. The SMILES string of the molecule is O=C(O)c1cccc(C(=O)NCCc2ccsc2)n1. The molecule has 0 saturated heterocycles. The smallest absolute Gasteiger partial charge is 0.354 e. The molecule has 2 heterocycles. The molecular weight excluding hydrogens is 264 g/mol. The van der Waals surface area contributed by atoms with E-state index in [9.17, 15) is 9.59 Å². The predicted octanol–water partition coefficient (Wildman–Crippen LogP) is 1.81. The van der Waals surface area contributed by atoms with Crippen LogP contribution in [0.4, 0.5) is 0 Å². The molecule has 0 spiro atoms. The number of carbonyl (C=O) groups excluding carboxylic acids is 1. The maximum absolute atomic E-state index is 11.8. The van der Waals surface area contributed by atoms with Gasteiger partial charge in [-0.25, -0.2) is 9.78 Å². The van der Waals surface area contributed by atoms with Gasteiger partial charge in [0.15, 0.2) is 0 Å². The van der Waals surface area contributed by atoms with Crippen LogP contribution in [0.3, 0.4) is 0 Å². The molecule has 19 heavy (non-hydrogen) atoms. The summed E-state index contributed by atoms with van der Waals surface area (Å²) >= 11 is 1.61. The number of carboxylic acids is 1. The first kappa shape index (κ1) is 13.2. The summed E-state index contributed by atoms with van der Waals surface area (Å²) in [4.78, 5) is 26.3. The Morgan fingerprint density at radius 2 is 2.05 bits per heavy atom. The average Bonchev–Trinajstić information content (AvgIpc) is 2.92. The van der Waals surface area contributed by atoms with Gasteiger partial charge in [0.25, 0.3) is 5.91 Å². The molecular formula is C13H12N2O3S. The van der Waals surface area contributed by atoms with E-state index in [4.69, 9.17) is 5.11 Å². The zero-order chi connectivity index (χ0) is 13.7. The highest BCUT2D eigenvalue weighted by atomic mass is 32.1. The molecule has 0 fully saturated rings. The molecule has 98 valence electrons. The largest absolute Gasteiger partial charge is 0.477 e. The van der Waals surface area contributed by atoms with Crippen LogP contribution in [0.5, 0.6) is 0 Å². The van der Waals surface area contributed by atoms with Crippen molar-refractivity contribution < 1.29 is 14.7 Å². The van der Waals surface area contributed by atoms with Crippen LogP contribution in [-0.2, 0) is 6.42 Å². The van der Waals surface area contributed by atoms with Gasteiger partial charge in [-0.05, 0) is 40.9 Å². The first-order valence-electron chi connectivity index (χ1n) is 5.66. The number of carbonyl (C=O) groups is 2. The number of aromatic nitrogens is 1. The van der Waals surface area contributed by atoms with E-state index in [1.165, 1.54) is 18.2 Å². The fourth-order valence-corrected chi connectivity index (χ4v) is 2.23. The molecule has 0 bridgehead atoms. The predicted molar refractivity (Wildman–Crippen MR) is 71.6 cm³/mol. The summed E-state index contributed by atoms with van der Waals surface area (Å²) in [5.41, 5.74) is 1.15. The van der Waals surface area contributed by atoms with Crippen LogP contribution in [0, 0.1) is 0 Å². The second-order valence-electron chi connectivity index (χ2n) is 3.85. The lowest BCUT2D eigenvalue weighted by Gasteiger charge is -2.04. The second-order valence-corrected chi connectivity index (χ2v) is 4.63. The van der Waals surface area contributed by atoms with Gasteiger partial charge < -0.3 is 10.4 Å². The van der Waals surface area contributed by atoms with Gasteiger partial charge in [-0.3, -0.25) is 4.79 Å². The van der Waals surface area contributed by atoms with Gasteiger partial charge in [0.2, 0.25) is 0 Å². The zero-order valence-electron chi connectivity index (χ0n) is 10.00. The number of rotatable bonds is 5. The molecule has 2 N–H and O–H groups in total. The van der Waals surface area contributed by atoms with E-state index in [1.807, 2.05) is 16.8 Å². The van der Waals surface area contributed by atoms with Gasteiger partial charge in [0, 0.05) is 6.54 Å². The van der Waals surface area contributed by atoms with Crippen LogP contribution < -0.4 is 5.32 Å². The van der Waals surface area contributed by atoms with Crippen molar-refractivity contribution in [2.45, 2.75) is 6.42 Å². The zero-order valence-corrected chi connectivity index (χ0v) is 10.8. The molecule has 0 aliphatic carbocycles. The molecule has 0 unspecified atom stereocenters. The number of hydrogen-bond donors (Lipinski definition) is 2. The number of hydrogen-bond acceptors (Lipinski definition) is 4. The lowest BCUT2D eigenvalue weighted by atomic mass is 10.2. The minimum absolute atomic E-state index is 0.116. The van der Waals surface area contributed by atoms with Gasteiger partial charge >= 0.3 is 5.97 Å². The number of pyridine rings is 1. The van der Waals surface area contributed by atoms with E-state index < -0.39 is 5.97 Å². The fraction of sp³-hybridized carbons (Fsp3) is 0.154. The number of nitrogens with one attached hydrogen (secondary N) is 1. The van der Waals surface area contributed by atoms with Gasteiger partial charge in [-0.1, -0.05) is 6.07 Å². The van der Waals surface area contributed by atoms with Crippen molar-refractivity contribution in [1.29, 1.82) is 0 Å². The Kier molecular flexibility index (Phi) is 4.25. The third-order valence-electron chi connectivity index (χ3n) is 2.48. The van der Waals surface area contributed by atoms with Gasteiger partial charge in [0.05, 0.1) is 0 Å². The summed E-state index contributed by atoms with van der Waals surface area (Å²) < 4.78 is 0. The second kappa shape index (κ2) is 6.10. The van der Waals surface area contributed by atoms with E-state index in [1.54, 1.807) is 11.3 Å². The number of aromatic carboxylic acids is 1. The molecule has 2 rings (SSSR count). The highest BCUT2D eigenvalue weighted by Gasteiger charge is 2.10. The summed E-state index contributed by atoms with van der Waals surface area (Å²) in [6, 6.07) is 6.35. The van der Waals surface area contributed by atoms with Crippen LogP contribution in [0.25, 0.3) is 0 Å². The Balaban J connectivity index is 1.92. The number of amides is 1. The molecule has 0 saturated carbocycles. The standard InChI is InChI=1S/C13H12N2O3S/c16-12(14-6-4-9-5-7-19-8-9)10-2-1-3-11(15-10)13(17)18/h1-3,5,7-8H,4,6H2,(H,14,16)(H,17,18). The van der Waals surface area contributed by atoms with Crippen molar-refractivity contribution in [3.8, 4) is 0 Å². The average molecular weight is 276 g/mol. The lowest BCUT2D eigenvalue weighted by Crippen LogP contribution is -2.26. The van der Waals surface area contributed by atoms with E-state index in [0.717, 1.165) is 12.0 Å². The molecule has 0 aliphatic rings. The summed E-state index contributed by atoms with van der Waals surface area (Å²) in [7, 11) is 0. The number of carboxylic acid groups (broad SMARTS) is 1. The van der Waals surface area contributed by atoms with E-state index in [2.05, 4.69) is 10.3 Å². The Morgan fingerprint density at radius 3 is 2.74 bits per heavy atom. The lowest BCUT2D eigenvalue weighted by molar-refractivity contribution is 0.0690. The first-order chi connectivity index (χ1) is 9.16. The molecule has 0 aliphatic heterocycles. The van der Waals surface area contributed by atoms with Crippen LogP contribution >= 0.6 is 11.3 Å². The molecule has 2 aromatic heterocycles. The summed E-state index contributed by atoms with van der Waals surface area (Å²) in [5.74, 6) is -1.51. The van der Waals surface area contributed by atoms with Crippen molar-refractivity contribution in [3.63, 3.8) is 0 Å². The van der Waals surface area contributed by atoms with Crippen molar-refractivity contribution >= 4 is 23.2 Å². The minimum atomic E-state index is -1.15. The Morgan fingerprint density at radius 1 is 1.26 bits per heavy atom. The third-order valence-corrected chi connectivity index (χ3v) is 3.21. The third kappa shape index (κ3) is 3.62. The van der Waals surface area contributed by atoms with E-state index in [-0.39, 0.29) is 17.3 Å². The molecule has 2 aromatic rings. The summed E-state index contributed by atoms with van der Waals surface area (Å²) in [6.07, 6.45) is 0.744. The highest BCUT2D eigenvalue weighted by molar-refractivity contribution is 7.07. The minimum Gasteiger partial charge on any atom is -0.477 e. The van der Waals surface area contributed by atoms with Crippen molar-refractivity contribution in [3.05, 3.63) is 52.0 Å². The quantitative estimate of drug-likeness (QED) is 0.873. The number of thiophene rings is 1. The summed E-state index contributed by atoms with van der Waals surface area (Å²) in [6.45, 7) is 0.495. The fourth-order valence-electron chi connectivity index (χ4n) is 1.53. The van der Waals surface area contributed by atoms with Crippen molar-refractivity contribution in [2.75, 3.05) is 6.54 Å². The van der Waals surface area contributed by atoms with Crippen LogP contribution in [-0.4, -0.2) is 28.5 Å². The number of nitrogens with zero attached hydrogens (tertiary/aromatic N) is 1. The Labute approximate surface area is 113 Å². The van der Waals surface area contributed by atoms with Gasteiger partial charge in [-0.15, -0.1) is 0 Å². The van der Waals surface area contributed by atoms with Crippen molar-refractivity contribution in [1.82, 2.24) is 10.3 Å².